The molecule has 6 heteroatoms. The summed E-state index contributed by atoms with van der Waals surface area (Å²) in [6.07, 6.45) is 5.04. The van der Waals surface area contributed by atoms with Gasteiger partial charge in [-0.2, -0.15) is 0 Å². The van der Waals surface area contributed by atoms with E-state index in [0.717, 1.165) is 10.4 Å². The van der Waals surface area contributed by atoms with E-state index in [1.807, 2.05) is 0 Å². The van der Waals surface area contributed by atoms with Crippen molar-refractivity contribution in [2.75, 3.05) is 12.3 Å². The van der Waals surface area contributed by atoms with Gasteiger partial charge in [-0.1, -0.05) is 22.4 Å². The highest BCUT2D eigenvalue weighted by atomic mass is 79.9. The first-order chi connectivity index (χ1) is 9.45. The van der Waals surface area contributed by atoms with Gasteiger partial charge in [0.1, 0.15) is 4.90 Å². The molecule has 3 atom stereocenters. The van der Waals surface area contributed by atoms with E-state index in [9.17, 15) is 8.42 Å². The zero-order chi connectivity index (χ0) is 14.3. The van der Waals surface area contributed by atoms with Crippen LogP contribution in [0, 0.1) is 17.8 Å². The third kappa shape index (κ3) is 2.73. The first kappa shape index (κ1) is 14.4. The molecule has 3 N–H and O–H groups in total. The molecule has 3 rings (SSSR count). The highest BCUT2D eigenvalue weighted by Crippen LogP contribution is 2.48. The number of hydrogen-bond donors (Lipinski definition) is 2. The fourth-order valence-corrected chi connectivity index (χ4v) is 5.27. The van der Waals surface area contributed by atoms with Gasteiger partial charge < -0.3 is 5.73 Å². The zero-order valence-corrected chi connectivity index (χ0v) is 13.6. The number of nitrogens with one attached hydrogen (secondary N) is 1. The van der Waals surface area contributed by atoms with Crippen molar-refractivity contribution in [1.82, 2.24) is 4.72 Å². The predicted octanol–water partition coefficient (Wildman–Crippen LogP) is 2.75. The van der Waals surface area contributed by atoms with Crippen molar-refractivity contribution >= 4 is 31.6 Å². The molecule has 110 valence electrons. The number of anilines is 1. The van der Waals surface area contributed by atoms with E-state index in [2.05, 4.69) is 20.7 Å². The molecule has 2 bridgehead atoms. The van der Waals surface area contributed by atoms with Crippen molar-refractivity contribution in [1.29, 1.82) is 0 Å². The maximum Gasteiger partial charge on any atom is 0.242 e. The Morgan fingerprint density at radius 3 is 2.70 bits per heavy atom. The molecule has 0 aliphatic heterocycles. The average Bonchev–Trinajstić information content (AvgIpc) is 2.98. The van der Waals surface area contributed by atoms with Gasteiger partial charge >= 0.3 is 0 Å². The van der Waals surface area contributed by atoms with E-state index in [-0.39, 0.29) is 10.6 Å². The van der Waals surface area contributed by atoms with Gasteiger partial charge in [0.2, 0.25) is 10.0 Å². The van der Waals surface area contributed by atoms with Gasteiger partial charge in [0, 0.05) is 11.0 Å². The van der Waals surface area contributed by atoms with Crippen LogP contribution in [0.2, 0.25) is 0 Å². The highest BCUT2D eigenvalue weighted by molar-refractivity contribution is 9.10. The molecule has 0 saturated heterocycles. The number of halogens is 1. The minimum Gasteiger partial charge on any atom is -0.398 e. The summed E-state index contributed by atoms with van der Waals surface area (Å²) in [6, 6.07) is 4.86. The number of hydrogen-bond acceptors (Lipinski definition) is 3. The number of fused-ring (bicyclic) bond motifs is 2. The van der Waals surface area contributed by atoms with Crippen LogP contribution in [0.3, 0.4) is 0 Å². The second-order valence-corrected chi connectivity index (χ2v) is 8.62. The van der Waals surface area contributed by atoms with Crippen molar-refractivity contribution in [3.8, 4) is 0 Å². The summed E-state index contributed by atoms with van der Waals surface area (Å²) in [5.41, 5.74) is 6.08. The van der Waals surface area contributed by atoms with Gasteiger partial charge in [0.15, 0.2) is 0 Å². The molecule has 0 spiro atoms. The molecule has 1 aromatic carbocycles. The van der Waals surface area contributed by atoms with Crippen LogP contribution in [0.15, 0.2) is 27.6 Å². The molecule has 2 aliphatic carbocycles. The lowest BCUT2D eigenvalue weighted by atomic mass is 9.89. The minimum absolute atomic E-state index is 0.170. The predicted molar refractivity (Wildman–Crippen MR) is 82.7 cm³/mol. The van der Waals surface area contributed by atoms with Gasteiger partial charge in [0.05, 0.1) is 5.69 Å². The van der Waals surface area contributed by atoms with Crippen molar-refractivity contribution in [2.45, 2.75) is 30.6 Å². The number of rotatable bonds is 4. The number of sulfonamides is 1. The highest BCUT2D eigenvalue weighted by Gasteiger charge is 2.39. The molecule has 0 amide bonds. The fourth-order valence-electron chi connectivity index (χ4n) is 3.69. The summed E-state index contributed by atoms with van der Waals surface area (Å²) in [5.74, 6) is 2.04. The van der Waals surface area contributed by atoms with Crippen molar-refractivity contribution in [2.24, 2.45) is 17.8 Å². The normalized spacial score (nSPS) is 28.9. The first-order valence-electron chi connectivity index (χ1n) is 7.00. The number of nitrogen functional groups attached to an aromatic ring is 1. The van der Waals surface area contributed by atoms with E-state index < -0.39 is 10.0 Å². The Labute approximate surface area is 128 Å². The lowest BCUT2D eigenvalue weighted by Crippen LogP contribution is -2.32. The fraction of sp³-hybridized carbons (Fsp3) is 0.571. The SMILES string of the molecule is Nc1cc(Br)ccc1S(=O)(=O)NCC1CC2CCC1C2. The Morgan fingerprint density at radius 2 is 2.10 bits per heavy atom. The van der Waals surface area contributed by atoms with Crippen LogP contribution in [0.5, 0.6) is 0 Å². The van der Waals surface area contributed by atoms with E-state index in [1.54, 1.807) is 18.2 Å². The monoisotopic (exact) mass is 358 g/mol. The third-order valence-electron chi connectivity index (χ3n) is 4.68. The summed E-state index contributed by atoms with van der Waals surface area (Å²) in [6.45, 7) is 0.541. The molecule has 1 aromatic rings. The minimum atomic E-state index is -3.51. The quantitative estimate of drug-likeness (QED) is 0.812. The standard InChI is InChI=1S/C14H19BrN2O2S/c15-12-3-4-14(13(16)7-12)20(18,19)17-8-11-6-9-1-2-10(11)5-9/h3-4,7,9-11,17H,1-2,5-6,8,16H2. The van der Waals surface area contributed by atoms with Crippen LogP contribution >= 0.6 is 15.9 Å². The first-order valence-corrected chi connectivity index (χ1v) is 9.28. The molecule has 20 heavy (non-hydrogen) atoms. The topological polar surface area (TPSA) is 72.2 Å². The van der Waals surface area contributed by atoms with Gasteiger partial charge in [-0.25, -0.2) is 13.1 Å². The Bertz CT molecular complexity index is 618. The van der Waals surface area contributed by atoms with E-state index in [0.29, 0.717) is 18.4 Å². The van der Waals surface area contributed by atoms with Crippen molar-refractivity contribution in [3.05, 3.63) is 22.7 Å². The van der Waals surface area contributed by atoms with Crippen LogP contribution in [-0.2, 0) is 10.0 Å². The second-order valence-electron chi connectivity index (χ2n) is 5.97. The Balaban J connectivity index is 1.69. The van der Waals surface area contributed by atoms with E-state index in [1.165, 1.54) is 25.7 Å². The molecule has 0 heterocycles. The average molecular weight is 359 g/mol. The molecule has 4 nitrogen and oxygen atoms in total. The number of benzene rings is 1. The maximum absolute atomic E-state index is 12.3. The number of nitrogens with two attached hydrogens (primary N) is 1. The largest absolute Gasteiger partial charge is 0.398 e. The summed E-state index contributed by atoms with van der Waals surface area (Å²) in [5, 5.41) is 0. The van der Waals surface area contributed by atoms with Crippen LogP contribution in [0.25, 0.3) is 0 Å². The van der Waals surface area contributed by atoms with E-state index >= 15 is 0 Å². The molecule has 2 saturated carbocycles. The van der Waals surface area contributed by atoms with Crippen LogP contribution in [0.4, 0.5) is 5.69 Å². The van der Waals surface area contributed by atoms with Gasteiger partial charge in [-0.3, -0.25) is 0 Å². The Hall–Kier alpha value is -0.590. The summed E-state index contributed by atoms with van der Waals surface area (Å²) < 4.78 is 28.2. The Morgan fingerprint density at radius 1 is 1.30 bits per heavy atom. The van der Waals surface area contributed by atoms with Gasteiger partial charge in [-0.15, -0.1) is 0 Å². The van der Waals surface area contributed by atoms with Crippen LogP contribution in [0.1, 0.15) is 25.7 Å². The van der Waals surface area contributed by atoms with Crippen LogP contribution in [-0.4, -0.2) is 15.0 Å². The van der Waals surface area contributed by atoms with Crippen LogP contribution < -0.4 is 10.5 Å². The molecule has 0 radical (unpaired) electrons. The van der Waals surface area contributed by atoms with E-state index in [4.69, 9.17) is 5.73 Å². The third-order valence-corrected chi connectivity index (χ3v) is 6.67. The zero-order valence-electron chi connectivity index (χ0n) is 11.2. The molecule has 0 aromatic heterocycles. The lowest BCUT2D eigenvalue weighted by Gasteiger charge is -2.22. The second kappa shape index (κ2) is 5.31. The Kier molecular flexibility index (Phi) is 3.81. The molecule has 2 fully saturated rings. The van der Waals surface area contributed by atoms with Crippen molar-refractivity contribution in [3.63, 3.8) is 0 Å². The maximum atomic E-state index is 12.3. The molecule has 2 aliphatic rings. The smallest absolute Gasteiger partial charge is 0.242 e. The summed E-state index contributed by atoms with van der Waals surface area (Å²) in [7, 11) is -3.51. The molecular weight excluding hydrogens is 340 g/mol. The molecular formula is C14H19BrN2O2S. The lowest BCUT2D eigenvalue weighted by molar-refractivity contribution is 0.333. The van der Waals surface area contributed by atoms with Crippen molar-refractivity contribution < 1.29 is 8.42 Å². The summed E-state index contributed by atoms with van der Waals surface area (Å²) in [4.78, 5) is 0.170. The van der Waals surface area contributed by atoms with Gasteiger partial charge in [-0.05, 0) is 55.2 Å². The van der Waals surface area contributed by atoms with Gasteiger partial charge in [0.25, 0.3) is 0 Å². The summed E-state index contributed by atoms with van der Waals surface area (Å²) >= 11 is 3.28. The molecule has 3 unspecified atom stereocenters.